The van der Waals surface area contributed by atoms with Crippen molar-refractivity contribution in [2.24, 2.45) is 5.10 Å². The molecule has 5 nitrogen and oxygen atoms in total. The number of benzene rings is 1. The van der Waals surface area contributed by atoms with Crippen molar-refractivity contribution in [2.45, 2.75) is 0 Å². The van der Waals surface area contributed by atoms with Gasteiger partial charge in [0.05, 0.1) is 6.21 Å². The molecule has 0 spiro atoms. The first-order valence-electron chi connectivity index (χ1n) is 5.36. The van der Waals surface area contributed by atoms with Crippen LogP contribution in [-0.4, -0.2) is 17.1 Å². The van der Waals surface area contributed by atoms with Gasteiger partial charge in [-0.05, 0) is 29.8 Å². The highest BCUT2D eigenvalue weighted by Crippen LogP contribution is 2.02. The summed E-state index contributed by atoms with van der Waals surface area (Å²) in [4.78, 5) is 15.5. The predicted octanol–water partition coefficient (Wildman–Crippen LogP) is 1.43. The molecule has 2 aromatic rings. The first kappa shape index (κ1) is 11.8. The number of pyridine rings is 1. The van der Waals surface area contributed by atoms with E-state index in [0.29, 0.717) is 11.4 Å². The summed E-state index contributed by atoms with van der Waals surface area (Å²) in [5.41, 5.74) is 9.82. The second kappa shape index (κ2) is 5.58. The van der Waals surface area contributed by atoms with Crippen molar-refractivity contribution in [3.05, 3.63) is 59.9 Å². The Morgan fingerprint density at radius 2 is 2.00 bits per heavy atom. The molecule has 1 aromatic heterocycles. The number of carbonyl (C=O) groups is 1. The van der Waals surface area contributed by atoms with E-state index in [-0.39, 0.29) is 5.91 Å². The second-order valence-corrected chi connectivity index (χ2v) is 3.58. The topological polar surface area (TPSA) is 80.4 Å². The van der Waals surface area contributed by atoms with Crippen LogP contribution in [0.5, 0.6) is 0 Å². The molecule has 5 heteroatoms. The summed E-state index contributed by atoms with van der Waals surface area (Å²) in [5, 5.41) is 3.84. The standard InChI is InChI=1S/C13H12N4O/c14-11-6-4-10(5-7-11)9-16-17-13(18)12-3-1-2-8-15-12/h1-9H,14H2,(H,17,18). The molecule has 0 atom stereocenters. The lowest BCUT2D eigenvalue weighted by atomic mass is 10.2. The Morgan fingerprint density at radius 3 is 2.67 bits per heavy atom. The van der Waals surface area contributed by atoms with E-state index in [1.54, 1.807) is 42.7 Å². The monoisotopic (exact) mass is 240 g/mol. The fourth-order valence-corrected chi connectivity index (χ4v) is 1.30. The third kappa shape index (κ3) is 3.15. The molecule has 1 aromatic carbocycles. The van der Waals surface area contributed by atoms with Gasteiger partial charge in [0.1, 0.15) is 5.69 Å². The molecule has 1 amide bonds. The fourth-order valence-electron chi connectivity index (χ4n) is 1.30. The Hall–Kier alpha value is -2.69. The molecule has 0 fully saturated rings. The molecule has 0 aliphatic carbocycles. The lowest BCUT2D eigenvalue weighted by Crippen LogP contribution is -2.18. The molecular weight excluding hydrogens is 228 g/mol. The van der Waals surface area contributed by atoms with Crippen LogP contribution in [0.25, 0.3) is 0 Å². The number of rotatable bonds is 3. The summed E-state index contributed by atoms with van der Waals surface area (Å²) >= 11 is 0. The highest BCUT2D eigenvalue weighted by Gasteiger charge is 2.03. The number of carbonyl (C=O) groups excluding carboxylic acids is 1. The highest BCUT2D eigenvalue weighted by molar-refractivity contribution is 5.93. The summed E-state index contributed by atoms with van der Waals surface area (Å²) in [6.07, 6.45) is 3.10. The van der Waals surface area contributed by atoms with E-state index >= 15 is 0 Å². The number of hydrogen-bond acceptors (Lipinski definition) is 4. The first-order valence-corrected chi connectivity index (χ1v) is 5.36. The minimum Gasteiger partial charge on any atom is -0.399 e. The van der Waals surface area contributed by atoms with Crippen molar-refractivity contribution in [1.82, 2.24) is 10.4 Å². The van der Waals surface area contributed by atoms with Crippen molar-refractivity contribution in [2.75, 3.05) is 5.73 Å². The van der Waals surface area contributed by atoms with E-state index in [4.69, 9.17) is 5.73 Å². The Labute approximate surface area is 104 Å². The van der Waals surface area contributed by atoms with Gasteiger partial charge in [-0.2, -0.15) is 5.10 Å². The first-order chi connectivity index (χ1) is 8.75. The van der Waals surface area contributed by atoms with Gasteiger partial charge in [-0.3, -0.25) is 9.78 Å². The second-order valence-electron chi connectivity index (χ2n) is 3.58. The van der Waals surface area contributed by atoms with Gasteiger partial charge in [-0.25, -0.2) is 5.43 Å². The lowest BCUT2D eigenvalue weighted by molar-refractivity contribution is 0.0950. The van der Waals surface area contributed by atoms with Gasteiger partial charge in [0.2, 0.25) is 0 Å². The van der Waals surface area contributed by atoms with Gasteiger partial charge in [0.15, 0.2) is 0 Å². The molecule has 18 heavy (non-hydrogen) atoms. The van der Waals surface area contributed by atoms with E-state index in [1.807, 2.05) is 12.1 Å². The lowest BCUT2D eigenvalue weighted by Gasteiger charge is -1.98. The minimum absolute atomic E-state index is 0.326. The van der Waals surface area contributed by atoms with Crippen LogP contribution in [-0.2, 0) is 0 Å². The van der Waals surface area contributed by atoms with Crippen LogP contribution in [0.15, 0.2) is 53.8 Å². The van der Waals surface area contributed by atoms with Gasteiger partial charge >= 0.3 is 0 Å². The SMILES string of the molecule is Nc1ccc(C=NNC(=O)c2ccccn2)cc1. The maximum atomic E-state index is 11.6. The zero-order valence-corrected chi connectivity index (χ0v) is 9.58. The summed E-state index contributed by atoms with van der Waals surface area (Å²) in [7, 11) is 0. The Bertz CT molecular complexity index is 549. The molecule has 0 radical (unpaired) electrons. The average molecular weight is 240 g/mol. The number of hydrogen-bond donors (Lipinski definition) is 2. The number of aromatic nitrogens is 1. The molecule has 0 unspecified atom stereocenters. The van der Waals surface area contributed by atoms with E-state index in [2.05, 4.69) is 15.5 Å². The molecule has 0 bridgehead atoms. The van der Waals surface area contributed by atoms with Crippen LogP contribution in [0.4, 0.5) is 5.69 Å². The number of nitrogens with one attached hydrogen (secondary N) is 1. The maximum absolute atomic E-state index is 11.6. The smallest absolute Gasteiger partial charge is 0.289 e. The number of hydrazone groups is 1. The van der Waals surface area contributed by atoms with Crippen LogP contribution in [0.2, 0.25) is 0 Å². The quantitative estimate of drug-likeness (QED) is 0.484. The Morgan fingerprint density at radius 1 is 1.22 bits per heavy atom. The highest BCUT2D eigenvalue weighted by atomic mass is 16.2. The zero-order chi connectivity index (χ0) is 12.8. The Balaban J connectivity index is 1.96. The van der Waals surface area contributed by atoms with Crippen molar-refractivity contribution in [1.29, 1.82) is 0 Å². The van der Waals surface area contributed by atoms with Crippen molar-refractivity contribution >= 4 is 17.8 Å². The van der Waals surface area contributed by atoms with Gasteiger partial charge in [0.25, 0.3) is 5.91 Å². The van der Waals surface area contributed by atoms with Gasteiger partial charge < -0.3 is 5.73 Å². The molecule has 3 N–H and O–H groups in total. The van der Waals surface area contributed by atoms with E-state index in [0.717, 1.165) is 5.56 Å². The molecule has 1 heterocycles. The minimum atomic E-state index is -0.345. The molecule has 2 rings (SSSR count). The number of nitrogens with two attached hydrogens (primary N) is 1. The molecule has 90 valence electrons. The van der Waals surface area contributed by atoms with Crippen molar-refractivity contribution in [3.8, 4) is 0 Å². The molecular formula is C13H12N4O. The van der Waals surface area contributed by atoms with Crippen LogP contribution >= 0.6 is 0 Å². The largest absolute Gasteiger partial charge is 0.399 e. The van der Waals surface area contributed by atoms with Crippen molar-refractivity contribution in [3.63, 3.8) is 0 Å². The number of amides is 1. The predicted molar refractivity (Wildman–Crippen MR) is 70.2 cm³/mol. The van der Waals surface area contributed by atoms with Gasteiger partial charge in [0, 0.05) is 11.9 Å². The van der Waals surface area contributed by atoms with Crippen LogP contribution < -0.4 is 11.2 Å². The number of nitrogen functional groups attached to an aromatic ring is 1. The zero-order valence-electron chi connectivity index (χ0n) is 9.58. The number of nitrogens with zero attached hydrogens (tertiary/aromatic N) is 2. The summed E-state index contributed by atoms with van der Waals surface area (Å²) in [6.45, 7) is 0. The normalized spacial score (nSPS) is 10.4. The Kier molecular flexibility index (Phi) is 3.66. The van der Waals surface area contributed by atoms with E-state index in [9.17, 15) is 4.79 Å². The summed E-state index contributed by atoms with van der Waals surface area (Å²) < 4.78 is 0. The molecule has 0 aliphatic heterocycles. The maximum Gasteiger partial charge on any atom is 0.289 e. The van der Waals surface area contributed by atoms with Gasteiger partial charge in [-0.1, -0.05) is 18.2 Å². The van der Waals surface area contributed by atoms with Crippen LogP contribution in [0.3, 0.4) is 0 Å². The fraction of sp³-hybridized carbons (Fsp3) is 0. The number of anilines is 1. The summed E-state index contributed by atoms with van der Waals surface area (Å²) in [5.74, 6) is -0.345. The third-order valence-electron chi connectivity index (χ3n) is 2.21. The van der Waals surface area contributed by atoms with E-state index in [1.165, 1.54) is 0 Å². The molecule has 0 saturated carbocycles. The summed E-state index contributed by atoms with van der Waals surface area (Å²) in [6, 6.07) is 12.3. The van der Waals surface area contributed by atoms with Gasteiger partial charge in [-0.15, -0.1) is 0 Å². The van der Waals surface area contributed by atoms with Crippen LogP contribution in [0.1, 0.15) is 16.1 Å². The van der Waals surface area contributed by atoms with E-state index < -0.39 is 0 Å². The van der Waals surface area contributed by atoms with Crippen LogP contribution in [0, 0.1) is 0 Å². The van der Waals surface area contributed by atoms with Crippen molar-refractivity contribution < 1.29 is 4.79 Å². The molecule has 0 saturated heterocycles. The third-order valence-corrected chi connectivity index (χ3v) is 2.21. The average Bonchev–Trinajstić information content (AvgIpc) is 2.42. The molecule has 0 aliphatic rings.